The van der Waals surface area contributed by atoms with E-state index in [0.29, 0.717) is 11.4 Å². The summed E-state index contributed by atoms with van der Waals surface area (Å²) in [4.78, 5) is 12.0. The third kappa shape index (κ3) is 2.78. The summed E-state index contributed by atoms with van der Waals surface area (Å²) in [7, 11) is 0. The van der Waals surface area contributed by atoms with Crippen molar-refractivity contribution in [2.24, 2.45) is 0 Å². The van der Waals surface area contributed by atoms with Crippen molar-refractivity contribution in [1.82, 2.24) is 0 Å². The summed E-state index contributed by atoms with van der Waals surface area (Å²) in [5.74, 6) is -0.226. The molecule has 1 atom stereocenters. The summed E-state index contributed by atoms with van der Waals surface area (Å²) >= 11 is 5.81. The normalized spacial score (nSPS) is 16.4. The van der Waals surface area contributed by atoms with Gasteiger partial charge in [0.25, 0.3) is 0 Å². The zero-order valence-electron chi connectivity index (χ0n) is 10.8. The van der Waals surface area contributed by atoms with E-state index in [2.05, 4.69) is 5.32 Å². The van der Waals surface area contributed by atoms with Crippen molar-refractivity contribution in [2.75, 3.05) is 5.32 Å². The molecule has 0 bridgehead atoms. The van der Waals surface area contributed by atoms with Crippen LogP contribution in [0.25, 0.3) is 0 Å². The number of carbonyl (C=O) groups is 1. The average molecular weight is 288 g/mol. The number of carbonyl (C=O) groups excluding carboxylic acids is 1. The van der Waals surface area contributed by atoms with Crippen LogP contribution in [0.2, 0.25) is 5.02 Å². The maximum atomic E-state index is 12.0. The Morgan fingerprint density at radius 1 is 1.20 bits per heavy atom. The highest BCUT2D eigenvalue weighted by Gasteiger charge is 2.27. The fourth-order valence-electron chi connectivity index (χ4n) is 2.28. The van der Waals surface area contributed by atoms with Gasteiger partial charge in [0, 0.05) is 17.1 Å². The smallest absolute Gasteiger partial charge is 0.329 e. The van der Waals surface area contributed by atoms with Gasteiger partial charge in [-0.15, -0.1) is 0 Å². The molecule has 0 saturated heterocycles. The predicted octanol–water partition coefficient (Wildman–Crippen LogP) is 3.42. The lowest BCUT2D eigenvalue weighted by atomic mass is 10.1. The standard InChI is InChI=1S/C16H14ClNO2/c17-13-7-5-11(6-8-13)10-20-16(19)15-9-12-3-1-2-4-14(12)18-15/h1-8,15,18H,9-10H2/t15-/m0/s1. The molecule has 0 saturated carbocycles. The number of halogens is 1. The van der Waals surface area contributed by atoms with Gasteiger partial charge in [-0.1, -0.05) is 41.9 Å². The molecule has 0 fully saturated rings. The lowest BCUT2D eigenvalue weighted by molar-refractivity contribution is -0.145. The van der Waals surface area contributed by atoms with Gasteiger partial charge in [-0.25, -0.2) is 4.79 Å². The van der Waals surface area contributed by atoms with Crippen LogP contribution in [0.15, 0.2) is 48.5 Å². The van der Waals surface area contributed by atoms with Crippen LogP contribution in [-0.2, 0) is 22.6 Å². The molecule has 2 aromatic carbocycles. The van der Waals surface area contributed by atoms with Gasteiger partial charge in [-0.2, -0.15) is 0 Å². The van der Waals surface area contributed by atoms with E-state index in [1.807, 2.05) is 36.4 Å². The molecule has 0 aliphatic carbocycles. The molecule has 1 aliphatic heterocycles. The molecule has 0 radical (unpaired) electrons. The molecule has 1 aliphatic rings. The number of anilines is 1. The van der Waals surface area contributed by atoms with Crippen molar-refractivity contribution in [2.45, 2.75) is 19.1 Å². The van der Waals surface area contributed by atoms with Crippen molar-refractivity contribution < 1.29 is 9.53 Å². The van der Waals surface area contributed by atoms with Gasteiger partial charge in [-0.3, -0.25) is 0 Å². The largest absolute Gasteiger partial charge is 0.459 e. The van der Waals surface area contributed by atoms with E-state index >= 15 is 0 Å². The Morgan fingerprint density at radius 2 is 1.95 bits per heavy atom. The van der Waals surface area contributed by atoms with Gasteiger partial charge < -0.3 is 10.1 Å². The minimum absolute atomic E-state index is 0.226. The Balaban J connectivity index is 1.57. The number of benzene rings is 2. The Hall–Kier alpha value is -2.00. The summed E-state index contributed by atoms with van der Waals surface area (Å²) in [5.41, 5.74) is 3.10. The van der Waals surface area contributed by atoms with Crippen LogP contribution >= 0.6 is 11.6 Å². The molecule has 1 N–H and O–H groups in total. The molecule has 102 valence electrons. The van der Waals surface area contributed by atoms with Gasteiger partial charge in [0.15, 0.2) is 0 Å². The van der Waals surface area contributed by atoms with E-state index in [4.69, 9.17) is 16.3 Å². The summed E-state index contributed by atoms with van der Waals surface area (Å²) in [6.07, 6.45) is 0.676. The van der Waals surface area contributed by atoms with Crippen LogP contribution in [-0.4, -0.2) is 12.0 Å². The molecule has 3 rings (SSSR count). The number of rotatable bonds is 3. The maximum Gasteiger partial charge on any atom is 0.329 e. The van der Waals surface area contributed by atoms with E-state index in [1.165, 1.54) is 0 Å². The van der Waals surface area contributed by atoms with Crippen LogP contribution in [0.5, 0.6) is 0 Å². The molecule has 0 spiro atoms. The lowest BCUT2D eigenvalue weighted by Crippen LogP contribution is -2.28. The first kappa shape index (κ1) is 13.0. The van der Waals surface area contributed by atoms with Gasteiger partial charge in [0.1, 0.15) is 12.6 Å². The first-order valence-electron chi connectivity index (χ1n) is 6.48. The lowest BCUT2D eigenvalue weighted by Gasteiger charge is -2.11. The first-order chi connectivity index (χ1) is 9.72. The molecular weight excluding hydrogens is 274 g/mol. The molecule has 4 heteroatoms. The number of ether oxygens (including phenoxy) is 1. The summed E-state index contributed by atoms with van der Waals surface area (Å²) < 4.78 is 5.34. The minimum Gasteiger partial charge on any atom is -0.459 e. The van der Waals surface area contributed by atoms with E-state index < -0.39 is 0 Å². The molecule has 20 heavy (non-hydrogen) atoms. The van der Waals surface area contributed by atoms with Crippen molar-refractivity contribution in [1.29, 1.82) is 0 Å². The zero-order chi connectivity index (χ0) is 13.9. The number of hydrogen-bond acceptors (Lipinski definition) is 3. The van der Waals surface area contributed by atoms with E-state index in [0.717, 1.165) is 16.8 Å². The van der Waals surface area contributed by atoms with Crippen LogP contribution < -0.4 is 5.32 Å². The third-order valence-corrected chi connectivity index (χ3v) is 3.60. The Bertz CT molecular complexity index is 600. The molecule has 0 unspecified atom stereocenters. The molecule has 1 heterocycles. The van der Waals surface area contributed by atoms with Crippen LogP contribution in [0.4, 0.5) is 5.69 Å². The Morgan fingerprint density at radius 3 is 2.70 bits per heavy atom. The maximum absolute atomic E-state index is 12.0. The van der Waals surface area contributed by atoms with Gasteiger partial charge in [0.2, 0.25) is 0 Å². The zero-order valence-corrected chi connectivity index (χ0v) is 11.6. The quantitative estimate of drug-likeness (QED) is 0.879. The average Bonchev–Trinajstić information content (AvgIpc) is 2.90. The van der Waals surface area contributed by atoms with Gasteiger partial charge >= 0.3 is 5.97 Å². The van der Waals surface area contributed by atoms with Gasteiger partial charge in [-0.05, 0) is 29.3 Å². The van der Waals surface area contributed by atoms with Crippen molar-refractivity contribution in [3.63, 3.8) is 0 Å². The third-order valence-electron chi connectivity index (χ3n) is 3.35. The highest BCUT2D eigenvalue weighted by molar-refractivity contribution is 6.30. The fourth-order valence-corrected chi connectivity index (χ4v) is 2.40. The summed E-state index contributed by atoms with van der Waals surface area (Å²) in [6.45, 7) is 0.268. The number of esters is 1. The highest BCUT2D eigenvalue weighted by atomic mass is 35.5. The van der Waals surface area contributed by atoms with E-state index in [1.54, 1.807) is 12.1 Å². The second-order valence-electron chi connectivity index (χ2n) is 4.79. The van der Waals surface area contributed by atoms with Crippen molar-refractivity contribution >= 4 is 23.3 Å². The fraction of sp³-hybridized carbons (Fsp3) is 0.188. The summed E-state index contributed by atoms with van der Waals surface area (Å²) in [5, 5.41) is 3.86. The minimum atomic E-state index is -0.292. The topological polar surface area (TPSA) is 38.3 Å². The highest BCUT2D eigenvalue weighted by Crippen LogP contribution is 2.25. The van der Waals surface area contributed by atoms with Crippen molar-refractivity contribution in [3.8, 4) is 0 Å². The second-order valence-corrected chi connectivity index (χ2v) is 5.23. The van der Waals surface area contributed by atoms with Crippen LogP contribution in [0, 0.1) is 0 Å². The number of hydrogen-bond donors (Lipinski definition) is 1. The summed E-state index contributed by atoms with van der Waals surface area (Å²) in [6, 6.07) is 14.9. The monoisotopic (exact) mass is 287 g/mol. The van der Waals surface area contributed by atoms with Crippen LogP contribution in [0.1, 0.15) is 11.1 Å². The molecule has 3 nitrogen and oxygen atoms in total. The molecule has 2 aromatic rings. The second kappa shape index (κ2) is 5.55. The predicted molar refractivity (Wildman–Crippen MR) is 78.8 cm³/mol. The molecular formula is C16H14ClNO2. The molecule has 0 amide bonds. The van der Waals surface area contributed by atoms with Crippen molar-refractivity contribution in [3.05, 3.63) is 64.7 Å². The molecule has 0 aromatic heterocycles. The van der Waals surface area contributed by atoms with Crippen LogP contribution in [0.3, 0.4) is 0 Å². The van der Waals surface area contributed by atoms with Gasteiger partial charge in [0.05, 0.1) is 0 Å². The number of nitrogens with one attached hydrogen (secondary N) is 1. The number of para-hydroxylation sites is 1. The number of fused-ring (bicyclic) bond motifs is 1. The SMILES string of the molecule is O=C(OCc1ccc(Cl)cc1)[C@@H]1Cc2ccccc2N1. The Labute approximate surface area is 122 Å². The van der Waals surface area contributed by atoms with E-state index in [-0.39, 0.29) is 18.6 Å². The first-order valence-corrected chi connectivity index (χ1v) is 6.86. The van der Waals surface area contributed by atoms with E-state index in [9.17, 15) is 4.79 Å². The Kier molecular flexibility index (Phi) is 3.61.